The number of hydrogen-bond donors (Lipinski definition) is 2. The molecule has 0 aliphatic rings. The standard InChI is InChI=1S/C22H22ClFN6OS/c1-3-12-30-20(14-25-19-10-6-17(23)7-11-19)27-29-22(30)32-15(2)21(31)28-26-13-16-4-8-18(24)9-5-16/h3-11,13,15,25H,1,12,14H2,2H3,(H,28,31)/b26-13-/t15-/m1/s1. The minimum atomic E-state index is -0.467. The molecule has 0 radical (unpaired) electrons. The third-order valence-corrected chi connectivity index (χ3v) is 5.64. The van der Waals surface area contributed by atoms with Crippen LogP contribution in [0.2, 0.25) is 5.02 Å². The second-order valence-corrected chi connectivity index (χ2v) is 8.45. The molecule has 1 aromatic heterocycles. The van der Waals surface area contributed by atoms with Gasteiger partial charge in [0.2, 0.25) is 0 Å². The first-order valence-corrected chi connectivity index (χ1v) is 11.0. The highest BCUT2D eigenvalue weighted by Crippen LogP contribution is 2.23. The summed E-state index contributed by atoms with van der Waals surface area (Å²) in [5, 5.41) is 16.5. The number of carbonyl (C=O) groups excluding carboxylic acids is 1. The van der Waals surface area contributed by atoms with E-state index in [2.05, 4.69) is 32.6 Å². The van der Waals surface area contributed by atoms with E-state index in [9.17, 15) is 9.18 Å². The fourth-order valence-corrected chi connectivity index (χ4v) is 3.62. The average molecular weight is 473 g/mol. The fraction of sp³-hybridized carbons (Fsp3) is 0.182. The fourth-order valence-electron chi connectivity index (χ4n) is 2.62. The summed E-state index contributed by atoms with van der Waals surface area (Å²) in [5.74, 6) is 0.0919. The Bertz CT molecular complexity index is 1080. The van der Waals surface area contributed by atoms with E-state index in [-0.39, 0.29) is 11.7 Å². The summed E-state index contributed by atoms with van der Waals surface area (Å²) in [6, 6.07) is 13.2. The van der Waals surface area contributed by atoms with Gasteiger partial charge in [-0.05, 0) is 48.9 Å². The maximum absolute atomic E-state index is 12.9. The molecule has 7 nitrogen and oxygen atoms in total. The SMILES string of the molecule is C=CCn1c(CNc2ccc(Cl)cc2)nnc1S[C@H](C)C(=O)N/N=C\c1ccc(F)cc1. The van der Waals surface area contributed by atoms with Crippen molar-refractivity contribution in [3.05, 3.63) is 83.4 Å². The molecule has 2 aromatic carbocycles. The number of amides is 1. The third-order valence-electron chi connectivity index (χ3n) is 4.31. The lowest BCUT2D eigenvalue weighted by Gasteiger charge is -2.12. The van der Waals surface area contributed by atoms with Crippen LogP contribution in [-0.2, 0) is 17.9 Å². The third kappa shape index (κ3) is 6.66. The van der Waals surface area contributed by atoms with Crippen LogP contribution in [0.3, 0.4) is 0 Å². The van der Waals surface area contributed by atoms with E-state index in [1.54, 1.807) is 37.3 Å². The summed E-state index contributed by atoms with van der Waals surface area (Å²) in [6.45, 7) is 6.50. The number of anilines is 1. The number of benzene rings is 2. The Morgan fingerprint density at radius 2 is 1.97 bits per heavy atom. The topological polar surface area (TPSA) is 84.2 Å². The van der Waals surface area contributed by atoms with Crippen molar-refractivity contribution in [3.63, 3.8) is 0 Å². The highest BCUT2D eigenvalue weighted by molar-refractivity contribution is 8.00. The number of nitrogens with zero attached hydrogens (tertiary/aromatic N) is 4. The highest BCUT2D eigenvalue weighted by Gasteiger charge is 2.19. The molecule has 0 aliphatic heterocycles. The summed E-state index contributed by atoms with van der Waals surface area (Å²) in [4.78, 5) is 12.4. The van der Waals surface area contributed by atoms with E-state index in [1.807, 2.05) is 16.7 Å². The van der Waals surface area contributed by atoms with Gasteiger partial charge in [-0.1, -0.05) is 41.6 Å². The number of thioether (sulfide) groups is 1. The van der Waals surface area contributed by atoms with Crippen molar-refractivity contribution in [3.8, 4) is 0 Å². The molecule has 3 aromatic rings. The number of rotatable bonds is 10. The van der Waals surface area contributed by atoms with Gasteiger partial charge in [0.15, 0.2) is 11.0 Å². The quantitative estimate of drug-likeness (QED) is 0.196. The van der Waals surface area contributed by atoms with Gasteiger partial charge in [0.25, 0.3) is 5.91 Å². The predicted octanol–water partition coefficient (Wildman–Crippen LogP) is 4.50. The molecule has 10 heteroatoms. The van der Waals surface area contributed by atoms with Crippen molar-refractivity contribution in [2.45, 2.75) is 30.4 Å². The molecule has 2 N–H and O–H groups in total. The smallest absolute Gasteiger partial charge is 0.253 e. The number of halogens is 2. The van der Waals surface area contributed by atoms with Crippen molar-refractivity contribution in [2.75, 3.05) is 5.32 Å². The van der Waals surface area contributed by atoms with Gasteiger partial charge in [-0.2, -0.15) is 5.10 Å². The molecule has 0 unspecified atom stereocenters. The second-order valence-electron chi connectivity index (χ2n) is 6.70. The van der Waals surface area contributed by atoms with Crippen molar-refractivity contribution in [1.82, 2.24) is 20.2 Å². The molecule has 1 atom stereocenters. The van der Waals surface area contributed by atoms with E-state index in [4.69, 9.17) is 11.6 Å². The summed E-state index contributed by atoms with van der Waals surface area (Å²) in [5.41, 5.74) is 4.07. The lowest BCUT2D eigenvalue weighted by atomic mass is 10.2. The monoisotopic (exact) mass is 472 g/mol. The molecule has 0 bridgehead atoms. The van der Waals surface area contributed by atoms with Crippen LogP contribution in [0.1, 0.15) is 18.3 Å². The summed E-state index contributed by atoms with van der Waals surface area (Å²) in [7, 11) is 0. The second kappa shape index (κ2) is 11.4. The first kappa shape index (κ1) is 23.5. The van der Waals surface area contributed by atoms with Gasteiger partial charge in [0.1, 0.15) is 5.82 Å². The van der Waals surface area contributed by atoms with E-state index in [0.717, 1.165) is 5.69 Å². The molecule has 0 fully saturated rings. The number of hydrogen-bond acceptors (Lipinski definition) is 6. The normalized spacial score (nSPS) is 12.0. The Labute approximate surface area is 194 Å². The van der Waals surface area contributed by atoms with E-state index in [0.29, 0.717) is 34.7 Å². The lowest BCUT2D eigenvalue weighted by molar-refractivity contribution is -0.120. The molecule has 32 heavy (non-hydrogen) atoms. The van der Waals surface area contributed by atoms with Crippen molar-refractivity contribution in [2.24, 2.45) is 5.10 Å². The van der Waals surface area contributed by atoms with Gasteiger partial charge in [-0.25, -0.2) is 9.82 Å². The summed E-state index contributed by atoms with van der Waals surface area (Å²) in [6.07, 6.45) is 3.20. The van der Waals surface area contributed by atoms with Gasteiger partial charge >= 0.3 is 0 Å². The molecule has 166 valence electrons. The average Bonchev–Trinajstić information content (AvgIpc) is 3.16. The Hall–Kier alpha value is -3.17. The number of nitrogens with one attached hydrogen (secondary N) is 2. The predicted molar refractivity (Wildman–Crippen MR) is 126 cm³/mol. The largest absolute Gasteiger partial charge is 0.378 e. The molecule has 1 amide bonds. The zero-order chi connectivity index (χ0) is 22.9. The summed E-state index contributed by atoms with van der Waals surface area (Å²) < 4.78 is 14.8. The number of aromatic nitrogens is 3. The maximum Gasteiger partial charge on any atom is 0.253 e. The van der Waals surface area contributed by atoms with Gasteiger partial charge in [-0.3, -0.25) is 4.79 Å². The van der Waals surface area contributed by atoms with Crippen molar-refractivity contribution >= 4 is 41.2 Å². The van der Waals surface area contributed by atoms with Crippen LogP contribution in [0.5, 0.6) is 0 Å². The van der Waals surface area contributed by atoms with Crippen molar-refractivity contribution < 1.29 is 9.18 Å². The van der Waals surface area contributed by atoms with Crippen LogP contribution in [0.25, 0.3) is 0 Å². The Balaban J connectivity index is 1.59. The van der Waals surface area contributed by atoms with Crippen LogP contribution in [0, 0.1) is 5.82 Å². The van der Waals surface area contributed by atoms with Gasteiger partial charge in [0.05, 0.1) is 18.0 Å². The van der Waals surface area contributed by atoms with E-state index in [1.165, 1.54) is 30.1 Å². The van der Waals surface area contributed by atoms with Crippen molar-refractivity contribution in [1.29, 1.82) is 0 Å². The van der Waals surface area contributed by atoms with E-state index >= 15 is 0 Å². The Morgan fingerprint density at radius 1 is 1.25 bits per heavy atom. The first-order valence-electron chi connectivity index (χ1n) is 9.74. The Morgan fingerprint density at radius 3 is 2.66 bits per heavy atom. The van der Waals surface area contributed by atoms with Gasteiger partial charge < -0.3 is 9.88 Å². The Kier molecular flexibility index (Phi) is 8.41. The molecule has 0 spiro atoms. The molecule has 0 aliphatic carbocycles. The summed E-state index contributed by atoms with van der Waals surface area (Å²) >= 11 is 7.19. The number of hydrazone groups is 1. The molecule has 3 rings (SSSR count). The van der Waals surface area contributed by atoms with Crippen LogP contribution in [-0.4, -0.2) is 32.1 Å². The van der Waals surface area contributed by atoms with Crippen LogP contribution in [0.4, 0.5) is 10.1 Å². The van der Waals surface area contributed by atoms with Gasteiger partial charge in [0, 0.05) is 17.3 Å². The zero-order valence-electron chi connectivity index (χ0n) is 17.3. The molecular weight excluding hydrogens is 451 g/mol. The van der Waals surface area contributed by atoms with Crippen LogP contribution >= 0.6 is 23.4 Å². The maximum atomic E-state index is 12.9. The van der Waals surface area contributed by atoms with Crippen LogP contribution < -0.4 is 10.7 Å². The van der Waals surface area contributed by atoms with Crippen LogP contribution in [0.15, 0.2) is 71.4 Å². The minimum Gasteiger partial charge on any atom is -0.378 e. The molecule has 1 heterocycles. The van der Waals surface area contributed by atoms with E-state index < -0.39 is 5.25 Å². The molecule has 0 saturated heterocycles. The minimum absolute atomic E-state index is 0.289. The first-order chi connectivity index (χ1) is 15.5. The highest BCUT2D eigenvalue weighted by atomic mass is 35.5. The van der Waals surface area contributed by atoms with Gasteiger partial charge in [-0.15, -0.1) is 16.8 Å². The number of allylic oxidation sites excluding steroid dienone is 1. The lowest BCUT2D eigenvalue weighted by Crippen LogP contribution is -2.27. The molecule has 0 saturated carbocycles. The molecular formula is C22H22ClFN6OS. The number of carbonyl (C=O) groups is 1. The zero-order valence-corrected chi connectivity index (χ0v) is 18.9.